The molecule has 0 bridgehead atoms. The Balaban J connectivity index is 1.96. The van der Waals surface area contributed by atoms with Crippen LogP contribution in [-0.4, -0.2) is 12.5 Å². The van der Waals surface area contributed by atoms with Crippen LogP contribution in [0, 0.1) is 0 Å². The van der Waals surface area contributed by atoms with Gasteiger partial charge in [0.15, 0.2) is 0 Å². The zero-order valence-corrected chi connectivity index (χ0v) is 13.3. The summed E-state index contributed by atoms with van der Waals surface area (Å²) in [7, 11) is 0. The van der Waals surface area contributed by atoms with Crippen molar-refractivity contribution in [2.24, 2.45) is 0 Å². The van der Waals surface area contributed by atoms with Gasteiger partial charge in [0.2, 0.25) is 0 Å². The second-order valence-electron chi connectivity index (χ2n) is 5.21. The molecule has 2 aromatic carbocycles. The molecule has 3 nitrogen and oxygen atoms in total. The topological polar surface area (TPSA) is 38.3 Å². The van der Waals surface area contributed by atoms with E-state index in [1.807, 2.05) is 31.2 Å². The number of nitrogens with one attached hydrogen (secondary N) is 1. The van der Waals surface area contributed by atoms with E-state index in [0.717, 1.165) is 17.9 Å². The lowest BCUT2D eigenvalue weighted by atomic mass is 10.1. The smallest absolute Gasteiger partial charge is 0.255 e. The van der Waals surface area contributed by atoms with Gasteiger partial charge in [-0.2, -0.15) is 0 Å². The van der Waals surface area contributed by atoms with Crippen LogP contribution in [0.2, 0.25) is 0 Å². The third-order valence-corrected chi connectivity index (χ3v) is 3.46. The largest absolute Gasteiger partial charge is 0.494 e. The van der Waals surface area contributed by atoms with Gasteiger partial charge in [-0.25, -0.2) is 0 Å². The summed E-state index contributed by atoms with van der Waals surface area (Å²) in [6, 6.07) is 15.2. The molecular weight excluding hydrogens is 274 g/mol. The summed E-state index contributed by atoms with van der Waals surface area (Å²) < 4.78 is 5.37. The molecule has 2 rings (SSSR count). The standard InChI is InChI=1S/C19H23NO2/c1-3-5-6-15-7-11-17(12-8-15)20-19(21)16-9-13-18(14-10-16)22-4-2/h7-14H,3-6H2,1-2H3,(H,20,21). The Kier molecular flexibility index (Phi) is 6.01. The molecule has 1 amide bonds. The highest BCUT2D eigenvalue weighted by atomic mass is 16.5. The molecule has 0 saturated carbocycles. The number of ether oxygens (including phenoxy) is 1. The van der Waals surface area contributed by atoms with Gasteiger partial charge < -0.3 is 10.1 Å². The zero-order valence-electron chi connectivity index (χ0n) is 13.3. The quantitative estimate of drug-likeness (QED) is 0.805. The molecule has 2 aromatic rings. The van der Waals surface area contributed by atoms with E-state index in [1.54, 1.807) is 12.1 Å². The summed E-state index contributed by atoms with van der Waals surface area (Å²) in [5, 5.41) is 2.91. The molecule has 1 N–H and O–H groups in total. The van der Waals surface area contributed by atoms with Crippen LogP contribution in [0.5, 0.6) is 5.75 Å². The number of unbranched alkanes of at least 4 members (excludes halogenated alkanes) is 1. The molecule has 0 atom stereocenters. The third kappa shape index (κ3) is 4.62. The zero-order chi connectivity index (χ0) is 15.8. The molecule has 0 fully saturated rings. The van der Waals surface area contributed by atoms with E-state index in [2.05, 4.69) is 24.4 Å². The second-order valence-corrected chi connectivity index (χ2v) is 5.21. The summed E-state index contributed by atoms with van der Waals surface area (Å²) in [4.78, 5) is 12.2. The number of aryl methyl sites for hydroxylation is 1. The van der Waals surface area contributed by atoms with Crippen LogP contribution in [0.1, 0.15) is 42.6 Å². The fraction of sp³-hybridized carbons (Fsp3) is 0.316. The predicted molar refractivity (Wildman–Crippen MR) is 90.6 cm³/mol. The van der Waals surface area contributed by atoms with E-state index in [-0.39, 0.29) is 5.91 Å². The van der Waals surface area contributed by atoms with Gasteiger partial charge in [-0.1, -0.05) is 25.5 Å². The highest BCUT2D eigenvalue weighted by molar-refractivity contribution is 6.04. The minimum absolute atomic E-state index is 0.107. The van der Waals surface area contributed by atoms with Crippen LogP contribution in [0.4, 0.5) is 5.69 Å². The highest BCUT2D eigenvalue weighted by Gasteiger charge is 2.06. The first-order valence-electron chi connectivity index (χ1n) is 7.86. The van der Waals surface area contributed by atoms with Crippen LogP contribution < -0.4 is 10.1 Å². The lowest BCUT2D eigenvalue weighted by molar-refractivity contribution is 0.102. The number of anilines is 1. The van der Waals surface area contributed by atoms with Gasteiger partial charge in [-0.15, -0.1) is 0 Å². The van der Waals surface area contributed by atoms with Crippen molar-refractivity contribution in [2.45, 2.75) is 33.1 Å². The monoisotopic (exact) mass is 297 g/mol. The molecule has 0 spiro atoms. The van der Waals surface area contributed by atoms with Gasteiger partial charge in [0.05, 0.1) is 6.61 Å². The maximum Gasteiger partial charge on any atom is 0.255 e. The molecular formula is C19H23NO2. The maximum atomic E-state index is 12.2. The van der Waals surface area contributed by atoms with E-state index >= 15 is 0 Å². The summed E-state index contributed by atoms with van der Waals surface area (Å²) >= 11 is 0. The van der Waals surface area contributed by atoms with E-state index in [0.29, 0.717) is 12.2 Å². The average Bonchev–Trinajstić information content (AvgIpc) is 2.55. The van der Waals surface area contributed by atoms with E-state index in [9.17, 15) is 4.79 Å². The van der Waals surface area contributed by atoms with Crippen LogP contribution in [0.3, 0.4) is 0 Å². The van der Waals surface area contributed by atoms with Gasteiger partial charge in [-0.05, 0) is 61.7 Å². The van der Waals surface area contributed by atoms with Crippen molar-refractivity contribution in [3.63, 3.8) is 0 Å². The number of carbonyl (C=O) groups is 1. The van der Waals surface area contributed by atoms with Gasteiger partial charge in [0.1, 0.15) is 5.75 Å². The number of amides is 1. The fourth-order valence-electron chi connectivity index (χ4n) is 2.21. The SMILES string of the molecule is CCCCc1ccc(NC(=O)c2ccc(OCC)cc2)cc1. The Bertz CT molecular complexity index is 588. The minimum atomic E-state index is -0.107. The first-order chi connectivity index (χ1) is 10.7. The number of carbonyl (C=O) groups excluding carboxylic acids is 1. The summed E-state index contributed by atoms with van der Waals surface area (Å²) in [6.45, 7) is 4.74. The van der Waals surface area contributed by atoms with Gasteiger partial charge in [-0.3, -0.25) is 4.79 Å². The average molecular weight is 297 g/mol. The van der Waals surface area contributed by atoms with Crippen molar-refractivity contribution in [3.05, 3.63) is 59.7 Å². The van der Waals surface area contributed by atoms with E-state index in [4.69, 9.17) is 4.74 Å². The lowest BCUT2D eigenvalue weighted by Crippen LogP contribution is -2.11. The molecule has 0 heterocycles. The van der Waals surface area contributed by atoms with Crippen molar-refractivity contribution < 1.29 is 9.53 Å². The highest BCUT2D eigenvalue weighted by Crippen LogP contribution is 2.15. The molecule has 0 radical (unpaired) electrons. The summed E-state index contributed by atoms with van der Waals surface area (Å²) in [5.74, 6) is 0.670. The molecule has 116 valence electrons. The van der Waals surface area contributed by atoms with Crippen molar-refractivity contribution in [1.82, 2.24) is 0 Å². The predicted octanol–water partition coefficient (Wildman–Crippen LogP) is 4.68. The number of hydrogen-bond acceptors (Lipinski definition) is 2. The number of benzene rings is 2. The third-order valence-electron chi connectivity index (χ3n) is 3.46. The normalized spacial score (nSPS) is 10.3. The molecule has 0 aliphatic rings. The molecule has 0 aromatic heterocycles. The molecule has 0 aliphatic heterocycles. The molecule has 0 unspecified atom stereocenters. The Labute approximate surface area is 132 Å². The Morgan fingerprint density at radius 1 is 1.00 bits per heavy atom. The van der Waals surface area contributed by atoms with Crippen molar-refractivity contribution >= 4 is 11.6 Å². The molecule has 3 heteroatoms. The second kappa shape index (κ2) is 8.23. The molecule has 0 aliphatic carbocycles. The van der Waals surface area contributed by atoms with Crippen molar-refractivity contribution in [3.8, 4) is 5.75 Å². The van der Waals surface area contributed by atoms with Crippen molar-refractivity contribution in [2.75, 3.05) is 11.9 Å². The van der Waals surface area contributed by atoms with E-state index < -0.39 is 0 Å². The van der Waals surface area contributed by atoms with Gasteiger partial charge in [0.25, 0.3) is 5.91 Å². The molecule has 0 saturated heterocycles. The first-order valence-corrected chi connectivity index (χ1v) is 7.86. The van der Waals surface area contributed by atoms with Crippen molar-refractivity contribution in [1.29, 1.82) is 0 Å². The lowest BCUT2D eigenvalue weighted by Gasteiger charge is -2.08. The van der Waals surface area contributed by atoms with E-state index in [1.165, 1.54) is 18.4 Å². The fourth-order valence-corrected chi connectivity index (χ4v) is 2.21. The van der Waals surface area contributed by atoms with Crippen LogP contribution in [-0.2, 0) is 6.42 Å². The minimum Gasteiger partial charge on any atom is -0.494 e. The Hall–Kier alpha value is -2.29. The van der Waals surface area contributed by atoms with Crippen LogP contribution >= 0.6 is 0 Å². The summed E-state index contributed by atoms with van der Waals surface area (Å²) in [6.07, 6.45) is 3.47. The number of rotatable bonds is 7. The van der Waals surface area contributed by atoms with Gasteiger partial charge >= 0.3 is 0 Å². The first kappa shape index (κ1) is 16.1. The Morgan fingerprint density at radius 3 is 2.27 bits per heavy atom. The van der Waals surface area contributed by atoms with Gasteiger partial charge in [0, 0.05) is 11.3 Å². The van der Waals surface area contributed by atoms with Crippen LogP contribution in [0.15, 0.2) is 48.5 Å². The van der Waals surface area contributed by atoms with Crippen LogP contribution in [0.25, 0.3) is 0 Å². The Morgan fingerprint density at radius 2 is 1.68 bits per heavy atom. The summed E-state index contributed by atoms with van der Waals surface area (Å²) in [5.41, 5.74) is 2.75. The maximum absolute atomic E-state index is 12.2. The molecule has 22 heavy (non-hydrogen) atoms. The number of hydrogen-bond donors (Lipinski definition) is 1.